The smallest absolute Gasteiger partial charge is 0.191 e. The molecule has 0 fully saturated rings. The molecule has 3 N–H and O–H groups in total. The summed E-state index contributed by atoms with van der Waals surface area (Å²) in [7, 11) is 0. The largest absolute Gasteiger partial charge is 0.387 e. The molecule has 0 saturated heterocycles. The molecule has 7 heteroatoms. The van der Waals surface area contributed by atoms with Crippen molar-refractivity contribution >= 4 is 41.5 Å². The lowest BCUT2D eigenvalue weighted by atomic mass is 10.1. The zero-order valence-electron chi connectivity index (χ0n) is 13.4. The van der Waals surface area contributed by atoms with Crippen LogP contribution in [0.5, 0.6) is 0 Å². The number of rotatable bonds is 6. The molecule has 1 unspecified atom stereocenters. The first-order chi connectivity index (χ1) is 11.2. The van der Waals surface area contributed by atoms with Crippen LogP contribution >= 0.6 is 35.6 Å². The van der Waals surface area contributed by atoms with Gasteiger partial charge in [0.25, 0.3) is 0 Å². The molecule has 0 radical (unpaired) electrons. The Balaban J connectivity index is 0.00000288. The van der Waals surface area contributed by atoms with E-state index in [1.165, 1.54) is 0 Å². The Morgan fingerprint density at radius 2 is 1.96 bits per heavy atom. The molecule has 130 valence electrons. The first kappa shape index (κ1) is 20.7. The van der Waals surface area contributed by atoms with Crippen LogP contribution < -0.4 is 10.6 Å². The fraction of sp³-hybridized carbons (Fsp3) is 0.294. The Hall–Kier alpha value is -1.38. The number of aliphatic hydroxyl groups excluding tert-OH is 1. The standard InChI is InChI=1S/C17H21ClN4O.HI/c1-2-19-17(21-11-15-5-3-4-10-20-15)22-12-16(23)13-6-8-14(18)9-7-13;/h3-10,16,23H,2,11-12H2,1H3,(H2,19,21,22);1H. The number of hydrogen-bond donors (Lipinski definition) is 3. The quantitative estimate of drug-likeness (QED) is 0.352. The van der Waals surface area contributed by atoms with E-state index in [-0.39, 0.29) is 24.0 Å². The zero-order chi connectivity index (χ0) is 16.5. The molecule has 1 heterocycles. The van der Waals surface area contributed by atoms with Crippen LogP contribution in [0.1, 0.15) is 24.3 Å². The summed E-state index contributed by atoms with van der Waals surface area (Å²) < 4.78 is 0. The number of pyridine rings is 1. The molecule has 0 saturated carbocycles. The third kappa shape index (κ3) is 7.02. The van der Waals surface area contributed by atoms with Crippen molar-refractivity contribution in [1.29, 1.82) is 0 Å². The molecule has 0 bridgehead atoms. The molecule has 0 aliphatic carbocycles. The molecule has 24 heavy (non-hydrogen) atoms. The summed E-state index contributed by atoms with van der Waals surface area (Å²) in [5, 5.41) is 17.1. The maximum absolute atomic E-state index is 10.2. The minimum absolute atomic E-state index is 0. The van der Waals surface area contributed by atoms with Crippen LogP contribution in [-0.4, -0.2) is 29.1 Å². The van der Waals surface area contributed by atoms with Gasteiger partial charge in [0, 0.05) is 24.3 Å². The van der Waals surface area contributed by atoms with E-state index in [1.807, 2.05) is 37.3 Å². The molecule has 1 aromatic heterocycles. The highest BCUT2D eigenvalue weighted by Crippen LogP contribution is 2.15. The number of halogens is 2. The second-order valence-corrected chi connectivity index (χ2v) is 5.40. The lowest BCUT2D eigenvalue weighted by Crippen LogP contribution is -2.39. The molecule has 0 aliphatic rings. The number of guanidine groups is 1. The Labute approximate surface area is 164 Å². The SMILES string of the molecule is CCNC(=NCc1ccccn1)NCC(O)c1ccc(Cl)cc1.I. The van der Waals surface area contributed by atoms with Crippen molar-refractivity contribution < 1.29 is 5.11 Å². The van der Waals surface area contributed by atoms with Gasteiger partial charge in [-0.3, -0.25) is 4.98 Å². The number of nitrogens with one attached hydrogen (secondary N) is 2. The van der Waals surface area contributed by atoms with Crippen LogP contribution in [0.4, 0.5) is 0 Å². The van der Waals surface area contributed by atoms with Crippen LogP contribution in [0, 0.1) is 0 Å². The lowest BCUT2D eigenvalue weighted by Gasteiger charge is -2.15. The molecule has 2 aromatic rings. The molecular formula is C17H22ClIN4O. The highest BCUT2D eigenvalue weighted by atomic mass is 127. The summed E-state index contributed by atoms with van der Waals surface area (Å²) in [6, 6.07) is 12.9. The van der Waals surface area contributed by atoms with E-state index in [4.69, 9.17) is 11.6 Å². The van der Waals surface area contributed by atoms with Crippen molar-refractivity contribution in [2.45, 2.75) is 19.6 Å². The average molecular weight is 461 g/mol. The minimum atomic E-state index is -0.633. The van der Waals surface area contributed by atoms with Crippen LogP contribution in [0.15, 0.2) is 53.7 Å². The van der Waals surface area contributed by atoms with Gasteiger partial charge in [-0.15, -0.1) is 24.0 Å². The summed E-state index contributed by atoms with van der Waals surface area (Å²) >= 11 is 5.85. The van der Waals surface area contributed by atoms with Gasteiger partial charge in [-0.05, 0) is 36.8 Å². The number of aliphatic hydroxyl groups is 1. The third-order valence-corrected chi connectivity index (χ3v) is 3.44. The third-order valence-electron chi connectivity index (χ3n) is 3.19. The average Bonchev–Trinajstić information content (AvgIpc) is 2.58. The molecule has 0 aliphatic heterocycles. The van der Waals surface area contributed by atoms with Gasteiger partial charge in [0.05, 0.1) is 18.3 Å². The van der Waals surface area contributed by atoms with E-state index < -0.39 is 6.10 Å². The van der Waals surface area contributed by atoms with Gasteiger partial charge in [-0.25, -0.2) is 4.99 Å². The first-order valence-electron chi connectivity index (χ1n) is 7.54. The number of hydrogen-bond acceptors (Lipinski definition) is 3. The predicted octanol–water partition coefficient (Wildman–Crippen LogP) is 3.14. The van der Waals surface area contributed by atoms with Gasteiger partial charge in [0.2, 0.25) is 0 Å². The van der Waals surface area contributed by atoms with Crippen molar-refractivity contribution in [1.82, 2.24) is 15.6 Å². The van der Waals surface area contributed by atoms with Crippen LogP contribution in [0.25, 0.3) is 0 Å². The topological polar surface area (TPSA) is 69.5 Å². The van der Waals surface area contributed by atoms with E-state index in [9.17, 15) is 5.11 Å². The lowest BCUT2D eigenvalue weighted by molar-refractivity contribution is 0.181. The van der Waals surface area contributed by atoms with E-state index in [0.29, 0.717) is 24.1 Å². The second-order valence-electron chi connectivity index (χ2n) is 4.96. The molecule has 2 rings (SSSR count). The van der Waals surface area contributed by atoms with Gasteiger partial charge < -0.3 is 15.7 Å². The van der Waals surface area contributed by atoms with E-state index in [0.717, 1.165) is 17.8 Å². The monoisotopic (exact) mass is 460 g/mol. The van der Waals surface area contributed by atoms with Crippen molar-refractivity contribution in [3.8, 4) is 0 Å². The van der Waals surface area contributed by atoms with E-state index in [1.54, 1.807) is 18.3 Å². The molecule has 1 atom stereocenters. The maximum Gasteiger partial charge on any atom is 0.191 e. The van der Waals surface area contributed by atoms with Crippen molar-refractivity contribution in [3.63, 3.8) is 0 Å². The number of aliphatic imine (C=N–C) groups is 1. The Kier molecular flexibility index (Phi) is 9.66. The van der Waals surface area contributed by atoms with Gasteiger partial charge in [0.1, 0.15) is 0 Å². The number of aromatic nitrogens is 1. The fourth-order valence-electron chi connectivity index (χ4n) is 1.99. The molecule has 0 amide bonds. The van der Waals surface area contributed by atoms with Crippen molar-refractivity contribution in [2.75, 3.05) is 13.1 Å². The van der Waals surface area contributed by atoms with Gasteiger partial charge in [0.15, 0.2) is 5.96 Å². The highest BCUT2D eigenvalue weighted by Gasteiger charge is 2.08. The van der Waals surface area contributed by atoms with Gasteiger partial charge in [-0.1, -0.05) is 29.8 Å². The molecule has 5 nitrogen and oxygen atoms in total. The summed E-state index contributed by atoms with van der Waals surface area (Å²) in [5.74, 6) is 0.645. The number of nitrogens with zero attached hydrogens (tertiary/aromatic N) is 2. The second kappa shape index (κ2) is 11.2. The van der Waals surface area contributed by atoms with Gasteiger partial charge >= 0.3 is 0 Å². The fourth-order valence-corrected chi connectivity index (χ4v) is 2.12. The molecule has 1 aromatic carbocycles. The van der Waals surface area contributed by atoms with E-state index in [2.05, 4.69) is 20.6 Å². The van der Waals surface area contributed by atoms with Crippen LogP contribution in [-0.2, 0) is 6.54 Å². The van der Waals surface area contributed by atoms with Crippen LogP contribution in [0.2, 0.25) is 5.02 Å². The zero-order valence-corrected chi connectivity index (χ0v) is 16.5. The summed E-state index contributed by atoms with van der Waals surface area (Å²) in [4.78, 5) is 8.70. The summed E-state index contributed by atoms with van der Waals surface area (Å²) in [6.45, 7) is 3.57. The normalized spacial score (nSPS) is 12.2. The predicted molar refractivity (Wildman–Crippen MR) is 109 cm³/mol. The van der Waals surface area contributed by atoms with E-state index >= 15 is 0 Å². The highest BCUT2D eigenvalue weighted by molar-refractivity contribution is 14.0. The molecular weight excluding hydrogens is 439 g/mol. The first-order valence-corrected chi connectivity index (χ1v) is 7.92. The molecule has 0 spiro atoms. The maximum atomic E-state index is 10.2. The van der Waals surface area contributed by atoms with Crippen LogP contribution in [0.3, 0.4) is 0 Å². The van der Waals surface area contributed by atoms with Crippen molar-refractivity contribution in [3.05, 3.63) is 64.9 Å². The van der Waals surface area contributed by atoms with Crippen molar-refractivity contribution in [2.24, 2.45) is 4.99 Å². The Morgan fingerprint density at radius 1 is 1.21 bits per heavy atom. The Bertz CT molecular complexity index is 622. The van der Waals surface area contributed by atoms with Gasteiger partial charge in [-0.2, -0.15) is 0 Å². The number of benzene rings is 1. The summed E-state index contributed by atoms with van der Waals surface area (Å²) in [6.07, 6.45) is 1.11. The minimum Gasteiger partial charge on any atom is -0.387 e. The Morgan fingerprint density at radius 3 is 2.58 bits per heavy atom. The summed E-state index contributed by atoms with van der Waals surface area (Å²) in [5.41, 5.74) is 1.70.